The fourth-order valence-electron chi connectivity index (χ4n) is 5.21. The maximum absolute atomic E-state index is 13.5. The summed E-state index contributed by atoms with van der Waals surface area (Å²) in [5.41, 5.74) is 1.86. The number of rotatable bonds is 13. The molecule has 39 heavy (non-hydrogen) atoms. The van der Waals surface area contributed by atoms with Gasteiger partial charge in [-0.15, -0.1) is 6.58 Å². The maximum atomic E-state index is 13.5. The van der Waals surface area contributed by atoms with Crippen LogP contribution in [0.3, 0.4) is 0 Å². The van der Waals surface area contributed by atoms with Crippen molar-refractivity contribution in [2.75, 3.05) is 20.3 Å². The quantitative estimate of drug-likeness (QED) is 0.201. The van der Waals surface area contributed by atoms with Crippen molar-refractivity contribution in [2.24, 2.45) is 0 Å². The molecule has 208 valence electrons. The van der Waals surface area contributed by atoms with Gasteiger partial charge in [-0.2, -0.15) is 0 Å². The van der Waals surface area contributed by atoms with E-state index in [-0.39, 0.29) is 37.6 Å². The first-order chi connectivity index (χ1) is 18.9. The number of ether oxygens (including phenoxy) is 2. The van der Waals surface area contributed by atoms with E-state index in [1.165, 1.54) is 25.7 Å². The third-order valence-corrected chi connectivity index (χ3v) is 7.07. The Labute approximate surface area is 226 Å². The molecule has 3 N–H and O–H groups in total. The van der Waals surface area contributed by atoms with Crippen LogP contribution in [-0.2, 0) is 16.1 Å². The lowest BCUT2D eigenvalue weighted by atomic mass is 9.77. The van der Waals surface area contributed by atoms with Crippen LogP contribution in [0, 0.1) is 0 Å². The highest BCUT2D eigenvalue weighted by Gasteiger charge is 2.51. The van der Waals surface area contributed by atoms with Crippen molar-refractivity contribution >= 4 is 18.1 Å². The zero-order valence-electron chi connectivity index (χ0n) is 21.9. The molecule has 2 amide bonds. The van der Waals surface area contributed by atoms with Gasteiger partial charge in [0.25, 0.3) is 0 Å². The molecule has 0 fully saturated rings. The van der Waals surface area contributed by atoms with E-state index in [0.717, 1.165) is 18.4 Å². The summed E-state index contributed by atoms with van der Waals surface area (Å²) < 4.78 is 16.9. The zero-order chi connectivity index (χ0) is 27.9. The standard InChI is InChI=1S/C29H34N2O8/c1-3-4-5-6-7-24(34)31(15-18-8-11-38-17-18)22-14-21(29(36)30-9-10-32)25-20-12-19(16-33)13-23(37-2)27(20)39-28(25)26(22)35/h3,8,11-14,16-17,22,25-26,28,32,35H,1,4-7,9-10,15H2,2H3,(H,30,36). The summed E-state index contributed by atoms with van der Waals surface area (Å²) in [7, 11) is 1.44. The van der Waals surface area contributed by atoms with Crippen molar-refractivity contribution in [1.29, 1.82) is 0 Å². The molecule has 2 heterocycles. The molecule has 10 nitrogen and oxygen atoms in total. The minimum absolute atomic E-state index is 0.0210. The number of carbonyl (C=O) groups excluding carboxylic acids is 3. The second kappa shape index (κ2) is 12.8. The van der Waals surface area contributed by atoms with Gasteiger partial charge in [0.05, 0.1) is 38.2 Å². The number of hydrogen-bond acceptors (Lipinski definition) is 8. The number of methoxy groups -OCH3 is 1. The lowest BCUT2D eigenvalue weighted by Gasteiger charge is -2.40. The number of aliphatic hydroxyl groups is 2. The summed E-state index contributed by atoms with van der Waals surface area (Å²) in [4.78, 5) is 40.1. The Morgan fingerprint density at radius 3 is 2.77 bits per heavy atom. The highest BCUT2D eigenvalue weighted by atomic mass is 16.5. The molecule has 1 aromatic carbocycles. The van der Waals surface area contributed by atoms with E-state index in [1.54, 1.807) is 29.2 Å². The average Bonchev–Trinajstić information content (AvgIpc) is 3.61. The van der Waals surface area contributed by atoms with Gasteiger partial charge in [0.2, 0.25) is 11.8 Å². The largest absolute Gasteiger partial charge is 0.493 e. The van der Waals surface area contributed by atoms with Crippen molar-refractivity contribution in [3.63, 3.8) is 0 Å². The van der Waals surface area contributed by atoms with Crippen molar-refractivity contribution in [3.8, 4) is 11.5 Å². The number of unbranched alkanes of at least 4 members (excludes halogenated alkanes) is 2. The fraction of sp³-hybridized carbons (Fsp3) is 0.414. The number of aldehydes is 1. The summed E-state index contributed by atoms with van der Waals surface area (Å²) in [6, 6.07) is 3.99. The normalized spacial score (nSPS) is 21.2. The van der Waals surface area contributed by atoms with Gasteiger partial charge in [-0.05, 0) is 43.5 Å². The third kappa shape index (κ3) is 5.91. The number of furan rings is 1. The molecule has 0 bridgehead atoms. The van der Waals surface area contributed by atoms with Gasteiger partial charge >= 0.3 is 0 Å². The number of nitrogens with one attached hydrogen (secondary N) is 1. The first kappa shape index (κ1) is 28.1. The predicted molar refractivity (Wildman–Crippen MR) is 141 cm³/mol. The minimum atomic E-state index is -1.20. The summed E-state index contributed by atoms with van der Waals surface area (Å²) in [6.07, 6.45) is 7.46. The Hall–Kier alpha value is -3.89. The number of benzene rings is 1. The van der Waals surface area contributed by atoms with Gasteiger partial charge in [0.1, 0.15) is 18.5 Å². The van der Waals surface area contributed by atoms with Gasteiger partial charge in [-0.1, -0.05) is 6.08 Å². The van der Waals surface area contributed by atoms with Gasteiger partial charge in [0, 0.05) is 41.8 Å². The van der Waals surface area contributed by atoms with Crippen LogP contribution in [0.2, 0.25) is 0 Å². The van der Waals surface area contributed by atoms with Crippen LogP contribution in [0.25, 0.3) is 0 Å². The molecule has 0 spiro atoms. The van der Waals surface area contributed by atoms with E-state index in [1.807, 2.05) is 0 Å². The van der Waals surface area contributed by atoms with Crippen molar-refractivity contribution in [3.05, 3.63) is 71.7 Å². The Morgan fingerprint density at radius 1 is 1.28 bits per heavy atom. The van der Waals surface area contributed by atoms with Crippen LogP contribution < -0.4 is 14.8 Å². The first-order valence-corrected chi connectivity index (χ1v) is 13.0. The molecule has 0 radical (unpaired) electrons. The summed E-state index contributed by atoms with van der Waals surface area (Å²) in [5.74, 6) is -0.751. The number of fused-ring (bicyclic) bond motifs is 3. The monoisotopic (exact) mass is 538 g/mol. The fourth-order valence-corrected chi connectivity index (χ4v) is 5.21. The van der Waals surface area contributed by atoms with Crippen molar-refractivity contribution < 1.29 is 38.5 Å². The maximum Gasteiger partial charge on any atom is 0.247 e. The highest BCUT2D eigenvalue weighted by Crippen LogP contribution is 2.51. The van der Waals surface area contributed by atoms with Crippen LogP contribution in [0.5, 0.6) is 11.5 Å². The van der Waals surface area contributed by atoms with E-state index in [2.05, 4.69) is 11.9 Å². The highest BCUT2D eigenvalue weighted by molar-refractivity contribution is 5.96. The van der Waals surface area contributed by atoms with Crippen LogP contribution in [-0.4, -0.2) is 71.7 Å². The molecule has 4 rings (SSSR count). The molecule has 4 unspecified atom stereocenters. The van der Waals surface area contributed by atoms with Crippen molar-refractivity contribution in [1.82, 2.24) is 10.2 Å². The molecular formula is C29H34N2O8. The van der Waals surface area contributed by atoms with Gasteiger partial charge in [-0.25, -0.2) is 0 Å². The SMILES string of the molecule is C=CCCCCC(=O)N(Cc1ccoc1)C1C=C(C(=O)NCCO)C2c3cc(C=O)cc(OC)c3OC2C1O. The Kier molecular flexibility index (Phi) is 9.21. The topological polar surface area (TPSA) is 139 Å². The van der Waals surface area contributed by atoms with E-state index >= 15 is 0 Å². The molecule has 4 atom stereocenters. The molecule has 0 saturated heterocycles. The summed E-state index contributed by atoms with van der Waals surface area (Å²) in [5, 5.41) is 23.6. The Bertz CT molecular complexity index is 1220. The van der Waals surface area contributed by atoms with Gasteiger partial charge in [0.15, 0.2) is 11.5 Å². The van der Waals surface area contributed by atoms with E-state index < -0.39 is 30.1 Å². The Balaban J connectivity index is 1.76. The molecule has 1 aliphatic carbocycles. The van der Waals surface area contributed by atoms with Crippen LogP contribution in [0.4, 0.5) is 0 Å². The number of amides is 2. The summed E-state index contributed by atoms with van der Waals surface area (Å²) in [6.45, 7) is 3.64. The van der Waals surface area contributed by atoms with Crippen LogP contribution in [0.1, 0.15) is 53.1 Å². The van der Waals surface area contributed by atoms with Crippen LogP contribution >= 0.6 is 0 Å². The smallest absolute Gasteiger partial charge is 0.247 e. The van der Waals surface area contributed by atoms with Gasteiger partial charge in [-0.3, -0.25) is 14.4 Å². The Morgan fingerprint density at radius 2 is 2.10 bits per heavy atom. The first-order valence-electron chi connectivity index (χ1n) is 13.0. The number of hydrogen-bond donors (Lipinski definition) is 3. The molecule has 2 aromatic rings. The van der Waals surface area contributed by atoms with Crippen LogP contribution in [0.15, 0.2) is 59.4 Å². The molecule has 10 heteroatoms. The molecule has 2 aliphatic rings. The lowest BCUT2D eigenvalue weighted by Crippen LogP contribution is -2.55. The number of aliphatic hydroxyl groups excluding tert-OH is 2. The minimum Gasteiger partial charge on any atom is -0.493 e. The zero-order valence-corrected chi connectivity index (χ0v) is 21.9. The summed E-state index contributed by atoms with van der Waals surface area (Å²) >= 11 is 0. The van der Waals surface area contributed by atoms with Crippen molar-refractivity contribution in [2.45, 2.75) is 56.4 Å². The average molecular weight is 539 g/mol. The van der Waals surface area contributed by atoms with E-state index in [0.29, 0.717) is 35.3 Å². The van der Waals surface area contributed by atoms with Gasteiger partial charge < -0.3 is 34.3 Å². The van der Waals surface area contributed by atoms with E-state index in [4.69, 9.17) is 13.9 Å². The molecule has 0 saturated carbocycles. The molecule has 1 aliphatic heterocycles. The number of nitrogens with zero attached hydrogens (tertiary/aromatic N) is 1. The molecular weight excluding hydrogens is 504 g/mol. The number of allylic oxidation sites excluding steroid dienone is 1. The number of carbonyl (C=O) groups is 3. The second-order valence-corrected chi connectivity index (χ2v) is 9.59. The molecule has 1 aromatic heterocycles. The third-order valence-electron chi connectivity index (χ3n) is 7.07. The lowest BCUT2D eigenvalue weighted by molar-refractivity contribution is -0.138. The second-order valence-electron chi connectivity index (χ2n) is 9.59. The van der Waals surface area contributed by atoms with E-state index in [9.17, 15) is 24.6 Å². The predicted octanol–water partition coefficient (Wildman–Crippen LogP) is 2.50.